The average Bonchev–Trinajstić information content (AvgIpc) is 1.62. The van der Waals surface area contributed by atoms with Crippen LogP contribution in [0.4, 0.5) is 10.5 Å². The number of nitrogens with two attached hydrogens (primary N) is 1. The molecular formula is C86H136N12O18S. The molecule has 1 aromatic heterocycles. The molecule has 3 saturated heterocycles. The number of ether oxygens (including phenoxy) is 4. The van der Waals surface area contributed by atoms with Gasteiger partial charge in [0.15, 0.2) is 17.7 Å². The Morgan fingerprint density at radius 2 is 1.38 bits per heavy atom. The van der Waals surface area contributed by atoms with E-state index in [-0.39, 0.29) is 205 Å². The second kappa shape index (κ2) is 51.8. The van der Waals surface area contributed by atoms with Crippen LogP contribution in [0, 0.1) is 47.3 Å². The van der Waals surface area contributed by atoms with E-state index in [1.807, 2.05) is 84.0 Å². The SMILES string of the molecule is CC[C@H](C)[C@@H]([C@@H](CC(=O)N1CCC[C@H]1[C@H](CO)[C@@H](C)C(=O)C[C@@H](Cc1ccccc1)c1nccs1)OC)N(C)C(=O)[C@@H](CC(=O)[C@H](C(C)C)N(C)C(C)=O)C(C)C.COC(C(=O)N1CCN(C)CC1)c1ccc(NC(=O)[C@H](CCCNC(N)=O)CC(=O)[C@@H](NC(=O)CCOCCOCCNC(=O)CCN2C(=O)CCC2=O)C(C)C)cc1.[3H]C. The minimum Gasteiger partial charge on any atom is -0.396 e. The third-order valence-corrected chi connectivity index (χ3v) is 23.5. The standard InChI is InChI=1S/C45H70N4O7S.C40H62N8O11.CH4/c1-12-30(6)43(48(10)45(55)35(28(2)3)25-39(53)42(29(4)5)47(9)32(8)51)40(56-11)26-41(54)49-21-16-19-37(49)36(27-50)31(7)38(52)24-34(44-46-20-22-57-44)23-33-17-14-13-15-18-33;1-27(2)36(45-33(51)14-22-58-24-25-59-23-16-42-32(50)13-17-48-34(52)11-12-35(48)53)31(49)26-29(6-5-15-43-40(41)56)38(54)44-30-9-7-28(8-10-30)37(57-4)39(55)47-20-18-46(3)19-21-47;/h13-15,17-18,20,22,28-31,34-37,40,42-43,50H,12,16,19,21,23-27H2,1-11H3;7-10,27,29,36-37H,5-6,11-26H2,1-4H3,(H,42,50)(H,44,54)(H,45,51)(H3,41,43,56);1H4/t30-,31+,34+,35-,36+,37-,40+,42-,43-;29-,36+,37?;/m01./s1/i;;1T. The number of hydrogen-bond acceptors (Lipinski definition) is 21. The number of aliphatic hydroxyl groups excluding tert-OH is 1. The van der Waals surface area contributed by atoms with E-state index in [0.717, 1.165) is 41.4 Å². The number of amides is 11. The number of ketones is 3. The molecule has 7 N–H and O–H groups in total. The van der Waals surface area contributed by atoms with E-state index in [2.05, 4.69) is 43.3 Å². The van der Waals surface area contributed by atoms with E-state index in [0.29, 0.717) is 50.1 Å². The number of aliphatic hydroxyl groups is 1. The second-order valence-corrected chi connectivity index (χ2v) is 32.9. The molecule has 6 rings (SSSR count). The predicted octanol–water partition coefficient (Wildman–Crippen LogP) is 7.64. The second-order valence-electron chi connectivity index (χ2n) is 32.0. The number of anilines is 1. The van der Waals surface area contributed by atoms with Gasteiger partial charge in [-0.05, 0) is 86.1 Å². The summed E-state index contributed by atoms with van der Waals surface area (Å²) in [5.74, 6) is -5.74. The summed E-state index contributed by atoms with van der Waals surface area (Å²) in [4.78, 5) is 183. The molecule has 12 atom stereocenters. The highest BCUT2D eigenvalue weighted by Crippen LogP contribution is 2.36. The lowest BCUT2D eigenvalue weighted by Gasteiger charge is -2.41. The average molecular weight is 1660 g/mol. The van der Waals surface area contributed by atoms with Crippen LogP contribution in [-0.4, -0.2) is 267 Å². The van der Waals surface area contributed by atoms with Crippen molar-refractivity contribution < 1.29 is 87.8 Å². The molecule has 0 aliphatic carbocycles. The first kappa shape index (κ1) is 99.1. The molecule has 0 spiro atoms. The molecule has 2 aromatic carbocycles. The Morgan fingerprint density at radius 3 is 1.95 bits per heavy atom. The van der Waals surface area contributed by atoms with Crippen molar-refractivity contribution in [3.63, 3.8) is 0 Å². The molecule has 0 radical (unpaired) electrons. The summed E-state index contributed by atoms with van der Waals surface area (Å²) in [6.45, 7) is 22.9. The lowest BCUT2D eigenvalue weighted by atomic mass is 9.80. The van der Waals surface area contributed by atoms with Gasteiger partial charge in [-0.15, -0.1) is 11.3 Å². The molecule has 3 aromatic rings. The first-order chi connectivity index (χ1) is 56.2. The number of primary amides is 1. The fourth-order valence-corrected chi connectivity index (χ4v) is 16.2. The molecule has 3 aliphatic rings. The maximum absolute atomic E-state index is 14.4. The van der Waals surface area contributed by atoms with Crippen molar-refractivity contribution in [3.8, 4) is 0 Å². The van der Waals surface area contributed by atoms with Gasteiger partial charge in [0.1, 0.15) is 5.78 Å². The monoisotopic (exact) mass is 1660 g/mol. The number of likely N-dealkylation sites (N-methyl/N-ethyl adjacent to an activating group) is 3. The summed E-state index contributed by atoms with van der Waals surface area (Å²) in [6, 6.07) is 13.9. The van der Waals surface area contributed by atoms with Gasteiger partial charge in [0, 0.05) is 193 Å². The number of nitrogens with zero attached hydrogens (tertiary/aromatic N) is 7. The normalized spacial score (nSPS) is 17.3. The number of aromatic nitrogens is 1. The number of piperazine rings is 1. The lowest BCUT2D eigenvalue weighted by Crippen LogP contribution is -2.54. The Balaban J connectivity index is 0.000000486. The lowest BCUT2D eigenvalue weighted by molar-refractivity contribution is -0.149. The van der Waals surface area contributed by atoms with Gasteiger partial charge in [0.25, 0.3) is 5.91 Å². The van der Waals surface area contributed by atoms with E-state index >= 15 is 0 Å². The summed E-state index contributed by atoms with van der Waals surface area (Å²) in [5.41, 5.74) is 7.42. The third-order valence-electron chi connectivity index (χ3n) is 22.6. The van der Waals surface area contributed by atoms with Crippen molar-refractivity contribution in [2.75, 3.05) is 126 Å². The first-order valence-corrected chi connectivity index (χ1v) is 42.0. The fraction of sp³-hybridized carbons (Fsp3) is 0.674. The van der Waals surface area contributed by atoms with E-state index < -0.39 is 71.9 Å². The van der Waals surface area contributed by atoms with Crippen LogP contribution >= 0.6 is 11.3 Å². The van der Waals surface area contributed by atoms with Crippen molar-refractivity contribution in [1.82, 2.24) is 50.3 Å². The summed E-state index contributed by atoms with van der Waals surface area (Å²) < 4.78 is 28.3. The summed E-state index contributed by atoms with van der Waals surface area (Å²) in [6.07, 6.45) is 4.32. The molecule has 31 heteroatoms. The molecule has 654 valence electrons. The Bertz CT molecular complexity index is 3630. The number of carbonyl (C=O) groups is 13. The van der Waals surface area contributed by atoms with Gasteiger partial charge in [0.05, 0.1) is 62.1 Å². The van der Waals surface area contributed by atoms with Crippen molar-refractivity contribution in [1.29, 1.82) is 0 Å². The number of hydrogen-bond donors (Lipinski definition) is 6. The van der Waals surface area contributed by atoms with E-state index in [1.54, 1.807) is 86.7 Å². The number of methoxy groups -OCH3 is 2. The van der Waals surface area contributed by atoms with Gasteiger partial charge < -0.3 is 75.6 Å². The van der Waals surface area contributed by atoms with Crippen molar-refractivity contribution >= 4 is 93.6 Å². The Labute approximate surface area is 698 Å². The molecule has 0 saturated carbocycles. The highest BCUT2D eigenvalue weighted by Gasteiger charge is 2.44. The van der Waals surface area contributed by atoms with Crippen LogP contribution < -0.4 is 27.0 Å². The maximum Gasteiger partial charge on any atom is 0.312 e. The summed E-state index contributed by atoms with van der Waals surface area (Å²) >= 11 is 1.54. The van der Waals surface area contributed by atoms with Crippen LogP contribution in [0.1, 0.15) is 190 Å². The molecule has 3 aliphatic heterocycles. The number of Topliss-reactive ketones (excluding diaryl/α,β-unsaturated/α-hetero) is 3. The molecular weight excluding hydrogens is 1520 g/mol. The molecule has 117 heavy (non-hydrogen) atoms. The van der Waals surface area contributed by atoms with Crippen LogP contribution in [0.25, 0.3) is 0 Å². The number of carbonyl (C=O) groups excluding carboxylic acids is 13. The van der Waals surface area contributed by atoms with E-state index in [1.165, 1.54) is 26.3 Å². The third kappa shape index (κ3) is 32.0. The molecule has 1 unspecified atom stereocenters. The Morgan fingerprint density at radius 1 is 0.735 bits per heavy atom. The van der Waals surface area contributed by atoms with Crippen molar-refractivity contribution in [3.05, 3.63) is 82.3 Å². The number of nitrogens with one attached hydrogen (secondary N) is 4. The Hall–Kier alpha value is -8.46. The number of urea groups is 1. The van der Waals surface area contributed by atoms with Crippen molar-refractivity contribution in [2.45, 2.75) is 209 Å². The quantitative estimate of drug-likeness (QED) is 0.0233. The molecule has 0 bridgehead atoms. The van der Waals surface area contributed by atoms with Gasteiger partial charge in [-0.2, -0.15) is 0 Å². The number of imide groups is 1. The van der Waals surface area contributed by atoms with Gasteiger partial charge in [-0.25, -0.2) is 9.78 Å². The maximum atomic E-state index is 14.4. The Kier molecular flexibility index (Phi) is 43.9. The van der Waals surface area contributed by atoms with E-state index in [9.17, 15) is 67.4 Å². The van der Waals surface area contributed by atoms with E-state index in [4.69, 9.17) is 26.1 Å². The van der Waals surface area contributed by atoms with Crippen LogP contribution in [-0.2, 0) is 82.9 Å². The van der Waals surface area contributed by atoms with Gasteiger partial charge in [-0.3, -0.25) is 62.4 Å². The highest BCUT2D eigenvalue weighted by atomic mass is 32.1. The number of thiazole rings is 1. The van der Waals surface area contributed by atoms with Crippen LogP contribution in [0.2, 0.25) is 0 Å². The zero-order valence-electron chi connectivity index (χ0n) is 73.1. The smallest absolute Gasteiger partial charge is 0.312 e. The van der Waals surface area contributed by atoms with Crippen LogP contribution in [0.3, 0.4) is 0 Å². The minimum atomic E-state index is -0.862. The number of likely N-dealkylation sites (tertiary alicyclic amines) is 2. The fourth-order valence-electron chi connectivity index (χ4n) is 15.5. The number of rotatable bonds is 49. The van der Waals surface area contributed by atoms with Crippen LogP contribution in [0.5, 0.6) is 0 Å². The topological polar surface area (TPSA) is 386 Å². The first-order valence-electron chi connectivity index (χ1n) is 42.1. The summed E-state index contributed by atoms with van der Waals surface area (Å²) in [7, 11) is 9.66. The highest BCUT2D eigenvalue weighted by molar-refractivity contribution is 7.09. The van der Waals surface area contributed by atoms with Crippen molar-refractivity contribution in [2.24, 2.45) is 53.1 Å². The summed E-state index contributed by atoms with van der Waals surface area (Å²) in [5, 5.41) is 24.4. The van der Waals surface area contributed by atoms with Gasteiger partial charge >= 0.3 is 6.03 Å². The van der Waals surface area contributed by atoms with Gasteiger partial charge in [0.2, 0.25) is 47.3 Å². The minimum absolute atomic E-state index is 0.00311. The molecule has 30 nitrogen and oxygen atoms in total. The molecule has 3 fully saturated rings. The zero-order chi connectivity index (χ0) is 87.9. The van der Waals surface area contributed by atoms with Gasteiger partial charge in [-0.1, -0.05) is 119 Å². The van der Waals surface area contributed by atoms with Crippen LogP contribution in [0.15, 0.2) is 66.2 Å². The molecule has 4 heterocycles. The predicted molar refractivity (Wildman–Crippen MR) is 448 cm³/mol. The zero-order valence-corrected chi connectivity index (χ0v) is 72.9. The largest absolute Gasteiger partial charge is 0.396 e. The molecule has 11 amide bonds. The number of benzene rings is 2.